The summed E-state index contributed by atoms with van der Waals surface area (Å²) in [6.45, 7) is 1.50. The molecule has 5 nitrogen and oxygen atoms in total. The van der Waals surface area contributed by atoms with Gasteiger partial charge in [0.25, 0.3) is 0 Å². The van der Waals surface area contributed by atoms with Crippen LogP contribution in [0.5, 0.6) is 0 Å². The third-order valence-corrected chi connectivity index (χ3v) is 4.18. The molecule has 0 aliphatic carbocycles. The number of nitrogens with zero attached hydrogens (tertiary/aromatic N) is 1. The largest absolute Gasteiger partial charge is 0.312 e. The number of hydrogen-bond donors (Lipinski definition) is 2. The summed E-state index contributed by atoms with van der Waals surface area (Å²) in [5, 5.41) is 17.1. The Labute approximate surface area is 130 Å². The molecule has 0 heterocycles. The van der Waals surface area contributed by atoms with Crippen LogP contribution in [0.4, 0.5) is 0 Å². The smallest absolute Gasteiger partial charge is 0.238 e. The van der Waals surface area contributed by atoms with E-state index < -0.39 is 10.0 Å². The Bertz CT molecular complexity index is 761. The van der Waals surface area contributed by atoms with Crippen LogP contribution in [0.15, 0.2) is 53.4 Å². The Morgan fingerprint density at radius 2 is 1.59 bits per heavy atom. The fourth-order valence-electron chi connectivity index (χ4n) is 2.01. The highest BCUT2D eigenvalue weighted by Crippen LogP contribution is 2.09. The molecule has 3 N–H and O–H groups in total. The van der Waals surface area contributed by atoms with Gasteiger partial charge in [-0.2, -0.15) is 5.26 Å². The molecule has 2 aromatic rings. The quantitative estimate of drug-likeness (QED) is 0.790. The van der Waals surface area contributed by atoms with Gasteiger partial charge in [0.15, 0.2) is 0 Å². The monoisotopic (exact) mass is 315 g/mol. The third-order valence-electron chi connectivity index (χ3n) is 3.25. The summed E-state index contributed by atoms with van der Waals surface area (Å²) in [6.07, 6.45) is 0.793. The zero-order valence-corrected chi connectivity index (χ0v) is 12.8. The lowest BCUT2D eigenvalue weighted by Crippen LogP contribution is -2.17. The first-order valence-electron chi connectivity index (χ1n) is 6.80. The van der Waals surface area contributed by atoms with Crippen molar-refractivity contribution in [1.82, 2.24) is 5.32 Å². The minimum atomic E-state index is -3.63. The van der Waals surface area contributed by atoms with Crippen molar-refractivity contribution in [3.05, 3.63) is 65.2 Å². The lowest BCUT2D eigenvalue weighted by atomic mass is 10.1. The van der Waals surface area contributed by atoms with E-state index in [1.807, 2.05) is 12.1 Å². The second-order valence-corrected chi connectivity index (χ2v) is 6.49. The molecule has 22 heavy (non-hydrogen) atoms. The lowest BCUT2D eigenvalue weighted by Gasteiger charge is -2.06. The van der Waals surface area contributed by atoms with Gasteiger partial charge in [-0.15, -0.1) is 0 Å². The van der Waals surface area contributed by atoms with Gasteiger partial charge in [-0.1, -0.05) is 24.3 Å². The molecule has 0 bridgehead atoms. The second kappa shape index (κ2) is 7.18. The van der Waals surface area contributed by atoms with Gasteiger partial charge in [-0.05, 0) is 48.4 Å². The number of rotatable bonds is 6. The van der Waals surface area contributed by atoms with Crippen LogP contribution in [0.25, 0.3) is 0 Å². The summed E-state index contributed by atoms with van der Waals surface area (Å²) in [6, 6.07) is 16.1. The molecular weight excluding hydrogens is 298 g/mol. The maximum Gasteiger partial charge on any atom is 0.238 e. The van der Waals surface area contributed by atoms with E-state index in [1.165, 1.54) is 12.1 Å². The number of benzene rings is 2. The average molecular weight is 315 g/mol. The molecule has 0 amide bonds. The Balaban J connectivity index is 1.80. The van der Waals surface area contributed by atoms with Crippen molar-refractivity contribution in [2.45, 2.75) is 17.9 Å². The predicted octanol–water partition coefficient (Wildman–Crippen LogP) is 1.54. The Hall–Kier alpha value is -2.20. The van der Waals surface area contributed by atoms with Crippen LogP contribution in [0.1, 0.15) is 16.7 Å². The number of nitrogens with two attached hydrogens (primary N) is 1. The molecule has 0 saturated carbocycles. The molecule has 0 atom stereocenters. The molecule has 0 radical (unpaired) electrons. The van der Waals surface area contributed by atoms with E-state index in [4.69, 9.17) is 10.4 Å². The summed E-state index contributed by atoms with van der Waals surface area (Å²) in [5.74, 6) is 0. The molecule has 0 spiro atoms. The van der Waals surface area contributed by atoms with Crippen LogP contribution in [0.3, 0.4) is 0 Å². The van der Waals surface area contributed by atoms with E-state index in [0.717, 1.165) is 30.6 Å². The molecule has 2 aromatic carbocycles. The normalized spacial score (nSPS) is 11.1. The van der Waals surface area contributed by atoms with E-state index in [9.17, 15) is 8.42 Å². The van der Waals surface area contributed by atoms with E-state index in [1.54, 1.807) is 24.3 Å². The molecule has 114 valence electrons. The van der Waals surface area contributed by atoms with E-state index in [2.05, 4.69) is 11.4 Å². The van der Waals surface area contributed by atoms with Gasteiger partial charge < -0.3 is 5.32 Å². The average Bonchev–Trinajstić information content (AvgIpc) is 2.52. The number of nitriles is 1. The lowest BCUT2D eigenvalue weighted by molar-refractivity contribution is 0.597. The van der Waals surface area contributed by atoms with Gasteiger partial charge in [0.1, 0.15) is 0 Å². The Morgan fingerprint density at radius 3 is 2.14 bits per heavy atom. The summed E-state index contributed by atoms with van der Waals surface area (Å²) < 4.78 is 22.3. The van der Waals surface area contributed by atoms with Crippen molar-refractivity contribution in [3.8, 4) is 6.07 Å². The highest BCUT2D eigenvalue weighted by molar-refractivity contribution is 7.89. The van der Waals surface area contributed by atoms with Gasteiger partial charge in [-0.25, -0.2) is 13.6 Å². The molecule has 0 fully saturated rings. The van der Waals surface area contributed by atoms with Crippen LogP contribution in [-0.2, 0) is 23.0 Å². The van der Waals surface area contributed by atoms with Crippen molar-refractivity contribution in [1.29, 1.82) is 5.26 Å². The zero-order chi connectivity index (χ0) is 16.0. The fraction of sp³-hybridized carbons (Fsp3) is 0.188. The summed E-state index contributed by atoms with van der Waals surface area (Å²) in [5.41, 5.74) is 2.81. The molecule has 0 aromatic heterocycles. The van der Waals surface area contributed by atoms with Gasteiger partial charge in [0.2, 0.25) is 10.0 Å². The summed E-state index contributed by atoms with van der Waals surface area (Å²) in [4.78, 5) is 0.127. The van der Waals surface area contributed by atoms with Gasteiger partial charge in [0, 0.05) is 6.54 Å². The first-order chi connectivity index (χ1) is 10.5. The first-order valence-corrected chi connectivity index (χ1v) is 8.35. The molecule has 0 aliphatic rings. The summed E-state index contributed by atoms with van der Waals surface area (Å²) in [7, 11) is -3.63. The van der Waals surface area contributed by atoms with Gasteiger partial charge in [0.05, 0.1) is 16.5 Å². The predicted molar refractivity (Wildman–Crippen MR) is 84.4 cm³/mol. The van der Waals surface area contributed by atoms with Crippen molar-refractivity contribution in [2.75, 3.05) is 6.54 Å². The number of hydrogen-bond acceptors (Lipinski definition) is 4. The van der Waals surface area contributed by atoms with E-state index >= 15 is 0 Å². The van der Waals surface area contributed by atoms with Crippen molar-refractivity contribution < 1.29 is 8.42 Å². The molecule has 6 heteroatoms. The van der Waals surface area contributed by atoms with E-state index in [-0.39, 0.29) is 4.90 Å². The Morgan fingerprint density at radius 1 is 1.00 bits per heavy atom. The third kappa shape index (κ3) is 4.67. The highest BCUT2D eigenvalue weighted by atomic mass is 32.2. The minimum Gasteiger partial charge on any atom is -0.312 e. The molecule has 0 unspecified atom stereocenters. The number of primary sulfonamides is 1. The number of nitrogens with one attached hydrogen (secondary N) is 1. The summed E-state index contributed by atoms with van der Waals surface area (Å²) >= 11 is 0. The van der Waals surface area contributed by atoms with E-state index in [0.29, 0.717) is 5.56 Å². The number of sulfonamides is 1. The van der Waals surface area contributed by atoms with Crippen molar-refractivity contribution in [3.63, 3.8) is 0 Å². The first kappa shape index (κ1) is 16.2. The van der Waals surface area contributed by atoms with Gasteiger partial charge in [-0.3, -0.25) is 0 Å². The van der Waals surface area contributed by atoms with Crippen LogP contribution in [0, 0.1) is 11.3 Å². The topological polar surface area (TPSA) is 96.0 Å². The van der Waals surface area contributed by atoms with Crippen LogP contribution in [-0.4, -0.2) is 15.0 Å². The van der Waals surface area contributed by atoms with Gasteiger partial charge >= 0.3 is 0 Å². The minimum absolute atomic E-state index is 0.127. The fourth-order valence-corrected chi connectivity index (χ4v) is 2.52. The Kier molecular flexibility index (Phi) is 5.28. The molecule has 2 rings (SSSR count). The SMILES string of the molecule is N#Cc1ccc(CNCCc2ccc(S(N)(=O)=O)cc2)cc1. The standard InChI is InChI=1S/C16H17N3O2S/c17-11-14-1-3-15(4-2-14)12-19-10-9-13-5-7-16(8-6-13)22(18,20)21/h1-8,19H,9-10,12H2,(H2,18,20,21). The van der Waals surface area contributed by atoms with Crippen LogP contribution >= 0.6 is 0 Å². The van der Waals surface area contributed by atoms with Crippen molar-refractivity contribution >= 4 is 10.0 Å². The molecular formula is C16H17N3O2S. The maximum absolute atomic E-state index is 11.2. The zero-order valence-electron chi connectivity index (χ0n) is 12.0. The van der Waals surface area contributed by atoms with Crippen molar-refractivity contribution in [2.24, 2.45) is 5.14 Å². The molecule has 0 aliphatic heterocycles. The second-order valence-electron chi connectivity index (χ2n) is 4.92. The maximum atomic E-state index is 11.2. The highest BCUT2D eigenvalue weighted by Gasteiger charge is 2.06. The van der Waals surface area contributed by atoms with Crippen LogP contribution in [0.2, 0.25) is 0 Å². The van der Waals surface area contributed by atoms with Crippen LogP contribution < -0.4 is 10.5 Å². The molecule has 0 saturated heterocycles.